The Kier molecular flexibility index (Phi) is 6.63. The molecular weight excluding hydrogens is 443 g/mol. The molecule has 184 valence electrons. The van der Waals surface area contributed by atoms with Gasteiger partial charge in [-0.3, -0.25) is 4.79 Å². The van der Waals surface area contributed by atoms with Crippen LogP contribution in [0.5, 0.6) is 0 Å². The zero-order chi connectivity index (χ0) is 24.5. The van der Waals surface area contributed by atoms with E-state index in [0.29, 0.717) is 31.6 Å². The molecule has 35 heavy (non-hydrogen) atoms. The number of hydrogen-bond acceptors (Lipinski definition) is 2. The minimum atomic E-state index is -0.870. The van der Waals surface area contributed by atoms with E-state index in [9.17, 15) is 19.1 Å². The van der Waals surface area contributed by atoms with Crippen LogP contribution in [0.25, 0.3) is 10.9 Å². The third-order valence-corrected chi connectivity index (χ3v) is 7.70. The van der Waals surface area contributed by atoms with Gasteiger partial charge in [0.25, 0.3) is 0 Å². The van der Waals surface area contributed by atoms with Crippen LogP contribution in [-0.4, -0.2) is 39.0 Å². The Morgan fingerprint density at radius 1 is 1.14 bits per heavy atom. The number of hydrogen-bond donors (Lipinski definition) is 1. The molecule has 1 aromatic heterocycles. The molecule has 1 amide bonds. The fraction of sp³-hybridized carbons (Fsp3) is 0.448. The maximum absolute atomic E-state index is 14.3. The van der Waals surface area contributed by atoms with Crippen molar-refractivity contribution in [1.29, 1.82) is 0 Å². The number of benzene rings is 2. The van der Waals surface area contributed by atoms with Crippen molar-refractivity contribution in [3.63, 3.8) is 0 Å². The normalized spacial score (nSPS) is 18.3. The number of aromatic nitrogens is 1. The van der Waals surface area contributed by atoms with Crippen molar-refractivity contribution >= 4 is 22.8 Å². The Morgan fingerprint density at radius 2 is 1.91 bits per heavy atom. The average Bonchev–Trinajstić information content (AvgIpc) is 3.64. The molecule has 0 aliphatic heterocycles. The molecule has 3 aromatic rings. The quantitative estimate of drug-likeness (QED) is 0.441. The number of halogens is 1. The van der Waals surface area contributed by atoms with Crippen molar-refractivity contribution in [2.45, 2.75) is 70.4 Å². The van der Waals surface area contributed by atoms with Crippen LogP contribution in [0.2, 0.25) is 0 Å². The summed E-state index contributed by atoms with van der Waals surface area (Å²) in [5.74, 6) is -0.435. The topological polar surface area (TPSA) is 62.5 Å². The van der Waals surface area contributed by atoms with Crippen molar-refractivity contribution < 1.29 is 19.1 Å². The maximum atomic E-state index is 14.3. The van der Waals surface area contributed by atoms with E-state index < -0.39 is 12.0 Å². The fourth-order valence-corrected chi connectivity index (χ4v) is 5.71. The largest absolute Gasteiger partial charge is 0.480 e. The Labute approximate surface area is 205 Å². The van der Waals surface area contributed by atoms with Crippen LogP contribution in [0.1, 0.15) is 61.9 Å². The number of rotatable bonds is 9. The average molecular weight is 477 g/mol. The van der Waals surface area contributed by atoms with Crippen molar-refractivity contribution in [3.05, 3.63) is 71.2 Å². The summed E-state index contributed by atoms with van der Waals surface area (Å²) in [7, 11) is 0. The molecule has 2 atom stereocenters. The summed E-state index contributed by atoms with van der Waals surface area (Å²) < 4.78 is 16.2. The first-order valence-electron chi connectivity index (χ1n) is 12.8. The second-order valence-corrected chi connectivity index (χ2v) is 10.1. The highest BCUT2D eigenvalue weighted by Crippen LogP contribution is 2.38. The lowest BCUT2D eigenvalue weighted by molar-refractivity contribution is -0.141. The van der Waals surface area contributed by atoms with E-state index >= 15 is 0 Å². The fourth-order valence-electron chi connectivity index (χ4n) is 5.71. The summed E-state index contributed by atoms with van der Waals surface area (Å²) in [5, 5.41) is 10.7. The summed E-state index contributed by atoms with van der Waals surface area (Å²) >= 11 is 0. The zero-order valence-corrected chi connectivity index (χ0v) is 20.3. The van der Waals surface area contributed by atoms with E-state index in [2.05, 4.69) is 17.0 Å². The van der Waals surface area contributed by atoms with Crippen LogP contribution in [-0.2, 0) is 28.9 Å². The Morgan fingerprint density at radius 3 is 2.60 bits per heavy atom. The van der Waals surface area contributed by atoms with Crippen molar-refractivity contribution in [2.24, 2.45) is 5.92 Å². The van der Waals surface area contributed by atoms with Crippen LogP contribution in [0, 0.1) is 11.7 Å². The highest BCUT2D eigenvalue weighted by molar-refractivity contribution is 5.88. The molecule has 2 aliphatic carbocycles. The minimum Gasteiger partial charge on any atom is -0.480 e. The smallest absolute Gasteiger partial charge is 0.326 e. The van der Waals surface area contributed by atoms with Crippen LogP contribution in [0.3, 0.4) is 0 Å². The van der Waals surface area contributed by atoms with Crippen LogP contribution in [0.4, 0.5) is 4.39 Å². The van der Waals surface area contributed by atoms with Gasteiger partial charge in [-0.1, -0.05) is 37.3 Å². The molecule has 0 bridgehead atoms. The third-order valence-electron chi connectivity index (χ3n) is 7.70. The van der Waals surface area contributed by atoms with Gasteiger partial charge in [0.1, 0.15) is 11.9 Å². The summed E-state index contributed by atoms with van der Waals surface area (Å²) in [6.45, 7) is 2.66. The Bertz CT molecular complexity index is 1230. The van der Waals surface area contributed by atoms with Gasteiger partial charge < -0.3 is 14.6 Å². The number of fused-ring (bicyclic) bond motifs is 3. The van der Waals surface area contributed by atoms with Gasteiger partial charge in [-0.15, -0.1) is 0 Å². The molecule has 2 unspecified atom stereocenters. The molecule has 1 N–H and O–H groups in total. The van der Waals surface area contributed by atoms with Crippen LogP contribution >= 0.6 is 0 Å². The first-order valence-corrected chi connectivity index (χ1v) is 12.8. The number of carboxylic acid groups (broad SMARTS) is 1. The predicted molar refractivity (Wildman–Crippen MR) is 134 cm³/mol. The van der Waals surface area contributed by atoms with Gasteiger partial charge in [-0.2, -0.15) is 0 Å². The number of amides is 1. The van der Waals surface area contributed by atoms with Crippen LogP contribution in [0.15, 0.2) is 48.5 Å². The van der Waals surface area contributed by atoms with E-state index in [1.165, 1.54) is 25.0 Å². The van der Waals surface area contributed by atoms with E-state index in [1.807, 2.05) is 29.7 Å². The van der Waals surface area contributed by atoms with E-state index in [-0.39, 0.29) is 17.8 Å². The molecule has 0 spiro atoms. The van der Waals surface area contributed by atoms with E-state index in [1.54, 1.807) is 6.07 Å². The molecule has 5 nitrogen and oxygen atoms in total. The molecule has 1 fully saturated rings. The first kappa shape index (κ1) is 23.6. The maximum Gasteiger partial charge on any atom is 0.326 e. The third kappa shape index (κ3) is 4.84. The zero-order valence-electron chi connectivity index (χ0n) is 20.3. The van der Waals surface area contributed by atoms with Gasteiger partial charge in [-0.05, 0) is 80.2 Å². The van der Waals surface area contributed by atoms with Crippen molar-refractivity contribution in [3.8, 4) is 0 Å². The number of aliphatic carboxylic acids is 1. The Balaban J connectivity index is 1.45. The van der Waals surface area contributed by atoms with Gasteiger partial charge in [0, 0.05) is 35.6 Å². The predicted octanol–water partition coefficient (Wildman–Crippen LogP) is 5.54. The molecule has 2 aliphatic rings. The summed E-state index contributed by atoms with van der Waals surface area (Å²) in [5.41, 5.74) is 3.93. The van der Waals surface area contributed by atoms with Crippen LogP contribution < -0.4 is 0 Å². The molecule has 0 radical (unpaired) electrons. The van der Waals surface area contributed by atoms with Gasteiger partial charge in [0.15, 0.2) is 0 Å². The molecular formula is C29H33FN2O3. The molecule has 2 aromatic carbocycles. The highest BCUT2D eigenvalue weighted by Gasteiger charge is 2.36. The number of aryl methyl sites for hydroxylation is 1. The monoisotopic (exact) mass is 476 g/mol. The lowest BCUT2D eigenvalue weighted by Crippen LogP contribution is -2.45. The highest BCUT2D eigenvalue weighted by atomic mass is 19.1. The standard InChI is InChI=1S/C29H33FN2O3/c1-2-25(29(34)35)32-26-13-11-21(30)16-23(26)24-17-22(12-14-27(24)32)31(18-20-8-9-20)28(33)15-10-19-6-4-3-5-7-19/h3-7,11,13,16,20,22,25H,2,8-10,12,14-15,17-18H2,1H3,(H,34,35). The SMILES string of the molecule is CCC(C(=O)O)n1c2c(c3cc(F)ccc31)CC(N(CC1CC1)C(=O)CCc1ccccc1)CC2. The van der Waals surface area contributed by atoms with E-state index in [0.717, 1.165) is 47.1 Å². The summed E-state index contributed by atoms with van der Waals surface area (Å²) in [6.07, 6.45) is 6.12. The molecule has 0 saturated heterocycles. The number of carboxylic acids is 1. The van der Waals surface area contributed by atoms with E-state index in [4.69, 9.17) is 0 Å². The molecule has 5 rings (SSSR count). The lowest BCUT2D eigenvalue weighted by atomic mass is 9.89. The summed E-state index contributed by atoms with van der Waals surface area (Å²) in [6, 6.07) is 14.1. The second-order valence-electron chi connectivity index (χ2n) is 10.1. The minimum absolute atomic E-state index is 0.0543. The van der Waals surface area contributed by atoms with Gasteiger partial charge in [0.05, 0.1) is 0 Å². The van der Waals surface area contributed by atoms with Gasteiger partial charge >= 0.3 is 5.97 Å². The molecule has 1 heterocycles. The molecule has 1 saturated carbocycles. The first-order chi connectivity index (χ1) is 17.0. The lowest BCUT2D eigenvalue weighted by Gasteiger charge is -2.35. The van der Waals surface area contributed by atoms with Crippen molar-refractivity contribution in [1.82, 2.24) is 9.47 Å². The number of nitrogens with zero attached hydrogens (tertiary/aromatic N) is 2. The van der Waals surface area contributed by atoms with Crippen molar-refractivity contribution in [2.75, 3.05) is 6.54 Å². The number of carbonyl (C=O) groups is 2. The van der Waals surface area contributed by atoms with Gasteiger partial charge in [0.2, 0.25) is 5.91 Å². The molecule has 6 heteroatoms. The Hall–Kier alpha value is -3.15. The second kappa shape index (κ2) is 9.84. The summed E-state index contributed by atoms with van der Waals surface area (Å²) in [4.78, 5) is 27.6. The van der Waals surface area contributed by atoms with Gasteiger partial charge in [-0.25, -0.2) is 9.18 Å². The number of carbonyl (C=O) groups excluding carboxylic acids is 1.